The summed E-state index contributed by atoms with van der Waals surface area (Å²) in [5.41, 5.74) is 0.767. The number of carbonyl (C=O) groups excluding carboxylic acids is 1. The van der Waals surface area contributed by atoms with E-state index in [1.807, 2.05) is 0 Å². The lowest BCUT2D eigenvalue weighted by Crippen LogP contribution is -2.33. The van der Waals surface area contributed by atoms with Crippen LogP contribution in [0.5, 0.6) is 5.75 Å². The first-order valence-electron chi connectivity index (χ1n) is 4.99. The number of nitro groups is 1. The number of rotatable bonds is 3. The first kappa shape index (κ1) is 10.6. The van der Waals surface area contributed by atoms with Crippen LogP contribution >= 0.6 is 0 Å². The Labute approximate surface area is 92.2 Å². The number of non-ortho nitro benzene ring substituents is 1. The Hall–Kier alpha value is -1.91. The Morgan fingerprint density at radius 2 is 2.12 bits per heavy atom. The number of ether oxygens (including phenoxy) is 1. The van der Waals surface area contributed by atoms with E-state index in [2.05, 4.69) is 0 Å². The second-order valence-corrected chi connectivity index (χ2v) is 3.89. The van der Waals surface area contributed by atoms with Crippen molar-refractivity contribution in [2.75, 3.05) is 0 Å². The highest BCUT2D eigenvalue weighted by molar-refractivity contribution is 5.85. The van der Waals surface area contributed by atoms with Crippen LogP contribution < -0.4 is 4.74 Å². The lowest BCUT2D eigenvalue weighted by molar-refractivity contribution is -0.384. The third kappa shape index (κ3) is 2.03. The minimum absolute atomic E-state index is 0.0505. The van der Waals surface area contributed by atoms with Gasteiger partial charge < -0.3 is 4.74 Å². The molecule has 0 N–H and O–H groups in total. The normalized spacial score (nSPS) is 15.7. The van der Waals surface area contributed by atoms with Crippen LogP contribution in [0.2, 0.25) is 0 Å². The number of hydrogen-bond acceptors (Lipinski definition) is 4. The summed E-state index contributed by atoms with van der Waals surface area (Å²) in [5, 5.41) is 10.5. The molecule has 0 amide bonds. The van der Waals surface area contributed by atoms with Crippen LogP contribution in [0, 0.1) is 17.0 Å². The van der Waals surface area contributed by atoms with E-state index in [0.717, 1.165) is 0 Å². The van der Waals surface area contributed by atoms with Gasteiger partial charge in [-0.3, -0.25) is 14.9 Å². The minimum atomic E-state index is -0.441. The molecule has 1 aliphatic rings. The first-order chi connectivity index (χ1) is 7.56. The summed E-state index contributed by atoms with van der Waals surface area (Å²) in [6.07, 6.45) is 0.819. The zero-order valence-corrected chi connectivity index (χ0v) is 8.80. The maximum absolute atomic E-state index is 10.8. The van der Waals surface area contributed by atoms with Crippen LogP contribution in [0.25, 0.3) is 0 Å². The standard InChI is InChI=1S/C11H11NO4/c1-7-4-8(12(14)15)2-3-11(7)16-10-5-9(13)6-10/h2-4,10H,5-6H2,1H3. The van der Waals surface area contributed by atoms with E-state index in [1.54, 1.807) is 13.0 Å². The molecule has 5 nitrogen and oxygen atoms in total. The van der Waals surface area contributed by atoms with E-state index >= 15 is 0 Å². The number of nitro benzene ring substituents is 1. The van der Waals surface area contributed by atoms with Gasteiger partial charge in [0.15, 0.2) is 0 Å². The van der Waals surface area contributed by atoms with Crippen molar-refractivity contribution in [3.63, 3.8) is 0 Å². The molecular weight excluding hydrogens is 210 g/mol. The predicted molar refractivity (Wildman–Crippen MR) is 56.5 cm³/mol. The lowest BCUT2D eigenvalue weighted by Gasteiger charge is -2.25. The molecule has 0 radical (unpaired) electrons. The Balaban J connectivity index is 2.10. The van der Waals surface area contributed by atoms with Crippen LogP contribution in [0.1, 0.15) is 18.4 Å². The third-order valence-corrected chi connectivity index (χ3v) is 2.57. The number of nitrogens with zero attached hydrogens (tertiary/aromatic N) is 1. The second-order valence-electron chi connectivity index (χ2n) is 3.89. The Bertz CT molecular complexity index is 447. The van der Waals surface area contributed by atoms with Crippen molar-refractivity contribution < 1.29 is 14.5 Å². The number of aryl methyl sites for hydroxylation is 1. The molecular formula is C11H11NO4. The third-order valence-electron chi connectivity index (χ3n) is 2.57. The Morgan fingerprint density at radius 1 is 1.44 bits per heavy atom. The summed E-state index contributed by atoms with van der Waals surface area (Å²) in [4.78, 5) is 20.8. The fraction of sp³-hybridized carbons (Fsp3) is 0.364. The lowest BCUT2D eigenvalue weighted by atomic mass is 9.94. The zero-order chi connectivity index (χ0) is 11.7. The van der Waals surface area contributed by atoms with Crippen LogP contribution in [0.3, 0.4) is 0 Å². The average molecular weight is 221 g/mol. The summed E-state index contributed by atoms with van der Waals surface area (Å²) in [7, 11) is 0. The topological polar surface area (TPSA) is 69.4 Å². The molecule has 1 saturated carbocycles. The van der Waals surface area contributed by atoms with Crippen LogP contribution in [0.15, 0.2) is 18.2 Å². The molecule has 0 aromatic heterocycles. The summed E-state index contributed by atoms with van der Waals surface area (Å²) >= 11 is 0. The van der Waals surface area contributed by atoms with Crippen LogP contribution in [0.4, 0.5) is 5.69 Å². The van der Waals surface area contributed by atoms with Crippen molar-refractivity contribution >= 4 is 11.5 Å². The molecule has 0 saturated heterocycles. The van der Waals surface area contributed by atoms with Gasteiger partial charge >= 0.3 is 0 Å². The van der Waals surface area contributed by atoms with E-state index in [-0.39, 0.29) is 17.6 Å². The molecule has 2 rings (SSSR count). The van der Waals surface area contributed by atoms with Crippen molar-refractivity contribution in [2.45, 2.75) is 25.9 Å². The van der Waals surface area contributed by atoms with Gasteiger partial charge in [0.05, 0.1) is 4.92 Å². The summed E-state index contributed by atoms with van der Waals surface area (Å²) in [6.45, 7) is 1.75. The summed E-state index contributed by atoms with van der Waals surface area (Å²) < 4.78 is 5.54. The molecule has 16 heavy (non-hydrogen) atoms. The highest BCUT2D eigenvalue weighted by Crippen LogP contribution is 2.27. The molecule has 0 atom stereocenters. The fourth-order valence-corrected chi connectivity index (χ4v) is 1.59. The molecule has 0 spiro atoms. The molecule has 1 aromatic rings. The zero-order valence-electron chi connectivity index (χ0n) is 8.80. The van der Waals surface area contributed by atoms with Crippen molar-refractivity contribution in [1.29, 1.82) is 0 Å². The van der Waals surface area contributed by atoms with Crippen molar-refractivity contribution in [2.24, 2.45) is 0 Å². The monoisotopic (exact) mass is 221 g/mol. The molecule has 1 aromatic carbocycles. The smallest absolute Gasteiger partial charge is 0.269 e. The van der Waals surface area contributed by atoms with Gasteiger partial charge in [0, 0.05) is 25.0 Å². The van der Waals surface area contributed by atoms with Gasteiger partial charge in [-0.2, -0.15) is 0 Å². The average Bonchev–Trinajstić information content (AvgIpc) is 2.18. The number of ketones is 1. The predicted octanol–water partition coefficient (Wildman–Crippen LogP) is 2.01. The van der Waals surface area contributed by atoms with Gasteiger partial charge in [0.25, 0.3) is 5.69 Å². The molecule has 0 heterocycles. The SMILES string of the molecule is Cc1cc([N+](=O)[O-])ccc1OC1CC(=O)C1. The molecule has 5 heteroatoms. The Morgan fingerprint density at radius 3 is 2.62 bits per heavy atom. The van der Waals surface area contributed by atoms with Gasteiger partial charge in [-0.15, -0.1) is 0 Å². The maximum atomic E-state index is 10.8. The van der Waals surface area contributed by atoms with Crippen LogP contribution in [-0.4, -0.2) is 16.8 Å². The van der Waals surface area contributed by atoms with Gasteiger partial charge in [0.1, 0.15) is 17.6 Å². The first-order valence-corrected chi connectivity index (χ1v) is 4.99. The van der Waals surface area contributed by atoms with Gasteiger partial charge in [-0.1, -0.05) is 0 Å². The summed E-state index contributed by atoms with van der Waals surface area (Å²) in [6, 6.07) is 4.45. The molecule has 1 fully saturated rings. The molecule has 0 unspecified atom stereocenters. The van der Waals surface area contributed by atoms with Gasteiger partial charge in [-0.05, 0) is 18.6 Å². The largest absolute Gasteiger partial charge is 0.489 e. The number of Topliss-reactive ketones (excluding diaryl/α,β-unsaturated/α-hetero) is 1. The van der Waals surface area contributed by atoms with E-state index in [4.69, 9.17) is 4.74 Å². The summed E-state index contributed by atoms with van der Waals surface area (Å²) in [5.74, 6) is 0.813. The number of benzene rings is 1. The van der Waals surface area contributed by atoms with Crippen LogP contribution in [-0.2, 0) is 4.79 Å². The van der Waals surface area contributed by atoms with Crippen molar-refractivity contribution in [3.8, 4) is 5.75 Å². The maximum Gasteiger partial charge on any atom is 0.269 e. The molecule has 84 valence electrons. The number of carbonyl (C=O) groups is 1. The van der Waals surface area contributed by atoms with Crippen molar-refractivity contribution in [1.82, 2.24) is 0 Å². The van der Waals surface area contributed by atoms with E-state index in [0.29, 0.717) is 24.2 Å². The highest BCUT2D eigenvalue weighted by atomic mass is 16.6. The second kappa shape index (κ2) is 3.92. The highest BCUT2D eigenvalue weighted by Gasteiger charge is 2.28. The fourth-order valence-electron chi connectivity index (χ4n) is 1.59. The molecule has 0 aliphatic heterocycles. The van der Waals surface area contributed by atoms with E-state index in [9.17, 15) is 14.9 Å². The Kier molecular flexibility index (Phi) is 2.60. The van der Waals surface area contributed by atoms with Gasteiger partial charge in [-0.25, -0.2) is 0 Å². The molecule has 1 aliphatic carbocycles. The van der Waals surface area contributed by atoms with Gasteiger partial charge in [0.2, 0.25) is 0 Å². The number of hydrogen-bond donors (Lipinski definition) is 0. The molecule has 0 bridgehead atoms. The van der Waals surface area contributed by atoms with Crippen molar-refractivity contribution in [3.05, 3.63) is 33.9 Å². The van der Waals surface area contributed by atoms with E-state index < -0.39 is 4.92 Å². The minimum Gasteiger partial charge on any atom is -0.489 e. The quantitative estimate of drug-likeness (QED) is 0.578. The van der Waals surface area contributed by atoms with E-state index in [1.165, 1.54) is 12.1 Å².